The van der Waals surface area contributed by atoms with Crippen LogP contribution in [0.4, 0.5) is 34.8 Å². The number of nitrogens with zero attached hydrogens (tertiary/aromatic N) is 5. The summed E-state index contributed by atoms with van der Waals surface area (Å²) >= 11 is 0. The predicted octanol–water partition coefficient (Wildman–Crippen LogP) is 6.18. The van der Waals surface area contributed by atoms with Crippen LogP contribution in [0, 0.1) is 0 Å². The molecule has 2 aromatic heterocycles. The average Bonchev–Trinajstić information content (AvgIpc) is 3.19. The van der Waals surface area contributed by atoms with Crippen molar-refractivity contribution in [3.63, 3.8) is 0 Å². The zero-order chi connectivity index (χ0) is 23.5. The lowest BCUT2D eigenvalue weighted by atomic mass is 10.1. The van der Waals surface area contributed by atoms with Crippen LogP contribution in [-0.4, -0.2) is 26.6 Å². The fraction of sp³-hybridized carbons (Fsp3) is 0.148. The molecule has 0 aliphatic carbocycles. The van der Waals surface area contributed by atoms with Gasteiger partial charge in [-0.1, -0.05) is 37.3 Å². The molecule has 5 rings (SSSR count). The van der Waals surface area contributed by atoms with E-state index in [9.17, 15) is 0 Å². The van der Waals surface area contributed by atoms with Crippen LogP contribution in [0.5, 0.6) is 0 Å². The quantitative estimate of drug-likeness (QED) is 0.309. The van der Waals surface area contributed by atoms with E-state index in [1.54, 1.807) is 6.20 Å². The molecule has 0 aliphatic rings. The minimum absolute atomic E-state index is 0.557. The van der Waals surface area contributed by atoms with Gasteiger partial charge < -0.3 is 20.1 Å². The lowest BCUT2D eigenvalue weighted by Gasteiger charge is -2.19. The smallest absolute Gasteiger partial charge is 0.229 e. The monoisotopic (exact) mass is 449 g/mol. The van der Waals surface area contributed by atoms with Crippen molar-refractivity contribution in [2.75, 3.05) is 22.6 Å². The third kappa shape index (κ3) is 4.41. The lowest BCUT2D eigenvalue weighted by molar-refractivity contribution is 0.958. The molecule has 0 amide bonds. The van der Waals surface area contributed by atoms with Crippen molar-refractivity contribution in [3.05, 3.63) is 90.6 Å². The van der Waals surface area contributed by atoms with E-state index in [-0.39, 0.29) is 0 Å². The third-order valence-corrected chi connectivity index (χ3v) is 5.88. The van der Waals surface area contributed by atoms with Gasteiger partial charge in [0.15, 0.2) is 0 Å². The Morgan fingerprint density at radius 1 is 0.853 bits per heavy atom. The van der Waals surface area contributed by atoms with Crippen LogP contribution in [0.2, 0.25) is 0 Å². The molecule has 5 aromatic rings. The first-order valence-corrected chi connectivity index (χ1v) is 11.3. The molecule has 0 aliphatic heterocycles. The Bertz CT molecular complexity index is 1410. The predicted molar refractivity (Wildman–Crippen MR) is 140 cm³/mol. The number of aryl methyl sites for hydroxylation is 2. The molecule has 2 N–H and O–H groups in total. The number of para-hydroxylation sites is 1. The number of hydrogen-bond donors (Lipinski definition) is 2. The summed E-state index contributed by atoms with van der Waals surface area (Å²) in [5, 5.41) is 6.68. The van der Waals surface area contributed by atoms with Crippen LogP contribution in [0.3, 0.4) is 0 Å². The number of benzene rings is 3. The van der Waals surface area contributed by atoms with E-state index in [1.165, 1.54) is 5.56 Å². The highest BCUT2D eigenvalue weighted by Crippen LogP contribution is 2.28. The zero-order valence-corrected chi connectivity index (χ0v) is 19.5. The maximum atomic E-state index is 4.81. The first kappa shape index (κ1) is 21.5. The maximum absolute atomic E-state index is 4.81. The Balaban J connectivity index is 1.38. The van der Waals surface area contributed by atoms with Crippen LogP contribution in [-0.2, 0) is 13.5 Å². The van der Waals surface area contributed by atoms with Gasteiger partial charge in [0.1, 0.15) is 5.82 Å². The van der Waals surface area contributed by atoms with Crippen molar-refractivity contribution in [2.45, 2.75) is 13.3 Å². The zero-order valence-electron chi connectivity index (χ0n) is 19.5. The molecule has 7 heteroatoms. The van der Waals surface area contributed by atoms with Crippen molar-refractivity contribution in [1.29, 1.82) is 0 Å². The molecule has 0 atom stereocenters. The van der Waals surface area contributed by atoms with E-state index in [4.69, 9.17) is 9.97 Å². The molecule has 34 heavy (non-hydrogen) atoms. The summed E-state index contributed by atoms with van der Waals surface area (Å²) in [7, 11) is 4.01. The van der Waals surface area contributed by atoms with Crippen LogP contribution >= 0.6 is 0 Å². The summed E-state index contributed by atoms with van der Waals surface area (Å²) < 4.78 is 2.06. The molecule has 0 saturated heterocycles. The Labute approximate surface area is 199 Å². The number of imidazole rings is 1. The van der Waals surface area contributed by atoms with Gasteiger partial charge in [-0.15, -0.1) is 0 Å². The standard InChI is InChI=1S/C27H27N7/c1-4-19-10-12-21(13-11-19)29-26-28-17-16-25(32-26)33(2)22-14-15-24-23(18-22)31-27(34(24)3)30-20-8-6-5-7-9-20/h5-18H,4H2,1-3H3,(H,30,31)(H,28,29,32). The minimum atomic E-state index is 0.557. The molecule has 0 spiro atoms. The first-order chi connectivity index (χ1) is 16.6. The van der Waals surface area contributed by atoms with Gasteiger partial charge in [0.2, 0.25) is 11.9 Å². The van der Waals surface area contributed by atoms with Crippen molar-refractivity contribution in [2.24, 2.45) is 7.05 Å². The largest absolute Gasteiger partial charge is 0.329 e. The summed E-state index contributed by atoms with van der Waals surface area (Å²) in [5.74, 6) is 2.14. The van der Waals surface area contributed by atoms with Gasteiger partial charge in [-0.25, -0.2) is 9.97 Å². The van der Waals surface area contributed by atoms with Crippen LogP contribution in [0.15, 0.2) is 85.1 Å². The molecule has 7 nitrogen and oxygen atoms in total. The molecule has 2 heterocycles. The molecule has 0 radical (unpaired) electrons. The van der Waals surface area contributed by atoms with E-state index in [1.807, 2.05) is 55.4 Å². The molecule has 0 bridgehead atoms. The molecule has 0 saturated carbocycles. The molecule has 0 unspecified atom stereocenters. The van der Waals surface area contributed by atoms with Crippen molar-refractivity contribution < 1.29 is 0 Å². The topological polar surface area (TPSA) is 70.9 Å². The maximum Gasteiger partial charge on any atom is 0.229 e. The number of fused-ring (bicyclic) bond motifs is 1. The summed E-state index contributed by atoms with van der Waals surface area (Å²) in [6.45, 7) is 2.15. The molecule has 170 valence electrons. The Morgan fingerprint density at radius 2 is 1.62 bits per heavy atom. The van der Waals surface area contributed by atoms with Gasteiger partial charge in [0, 0.05) is 37.4 Å². The summed E-state index contributed by atoms with van der Waals surface area (Å²) in [6, 6.07) is 26.5. The molecule has 3 aromatic carbocycles. The molecular weight excluding hydrogens is 422 g/mol. The van der Waals surface area contributed by atoms with Gasteiger partial charge in [-0.2, -0.15) is 4.98 Å². The fourth-order valence-corrected chi connectivity index (χ4v) is 3.84. The van der Waals surface area contributed by atoms with Crippen LogP contribution in [0.25, 0.3) is 11.0 Å². The van der Waals surface area contributed by atoms with Crippen molar-refractivity contribution in [3.8, 4) is 0 Å². The van der Waals surface area contributed by atoms with Crippen molar-refractivity contribution >= 4 is 45.8 Å². The van der Waals surface area contributed by atoms with E-state index < -0.39 is 0 Å². The highest BCUT2D eigenvalue weighted by atomic mass is 15.2. The molecule has 0 fully saturated rings. The SMILES string of the molecule is CCc1ccc(Nc2nccc(N(C)c3ccc4c(c3)nc(Nc3ccccc3)n4C)n2)cc1. The number of hydrogen-bond acceptors (Lipinski definition) is 6. The molecular formula is C27H27N7. The first-order valence-electron chi connectivity index (χ1n) is 11.3. The van der Waals surface area contributed by atoms with Crippen LogP contribution in [0.1, 0.15) is 12.5 Å². The second kappa shape index (κ2) is 9.23. The number of anilines is 6. The van der Waals surface area contributed by atoms with Gasteiger partial charge >= 0.3 is 0 Å². The Morgan fingerprint density at radius 3 is 2.38 bits per heavy atom. The van der Waals surface area contributed by atoms with Gasteiger partial charge in [0.05, 0.1) is 11.0 Å². The normalized spacial score (nSPS) is 10.9. The minimum Gasteiger partial charge on any atom is -0.329 e. The third-order valence-electron chi connectivity index (χ3n) is 5.88. The number of rotatable bonds is 7. The summed E-state index contributed by atoms with van der Waals surface area (Å²) in [5.41, 5.74) is 6.22. The van der Waals surface area contributed by atoms with Gasteiger partial charge in [0.25, 0.3) is 0 Å². The summed E-state index contributed by atoms with van der Waals surface area (Å²) in [4.78, 5) is 15.9. The Hall–Kier alpha value is -4.39. The van der Waals surface area contributed by atoms with Crippen molar-refractivity contribution in [1.82, 2.24) is 19.5 Å². The summed E-state index contributed by atoms with van der Waals surface area (Å²) in [6.07, 6.45) is 2.78. The lowest BCUT2D eigenvalue weighted by Crippen LogP contribution is -2.12. The highest BCUT2D eigenvalue weighted by Gasteiger charge is 2.12. The number of aromatic nitrogens is 4. The fourth-order valence-electron chi connectivity index (χ4n) is 3.84. The van der Waals surface area contributed by atoms with E-state index in [0.29, 0.717) is 5.95 Å². The van der Waals surface area contributed by atoms with Gasteiger partial charge in [-0.05, 0) is 60.5 Å². The number of nitrogens with one attached hydrogen (secondary N) is 2. The highest BCUT2D eigenvalue weighted by molar-refractivity contribution is 5.84. The van der Waals surface area contributed by atoms with E-state index >= 15 is 0 Å². The average molecular weight is 450 g/mol. The second-order valence-electron chi connectivity index (χ2n) is 8.13. The second-order valence-corrected chi connectivity index (χ2v) is 8.13. The van der Waals surface area contributed by atoms with E-state index in [0.717, 1.165) is 46.3 Å². The van der Waals surface area contributed by atoms with Crippen LogP contribution < -0.4 is 15.5 Å². The van der Waals surface area contributed by atoms with Gasteiger partial charge in [-0.3, -0.25) is 0 Å². The Kier molecular flexibility index (Phi) is 5.82. The van der Waals surface area contributed by atoms with E-state index in [2.05, 4.69) is 69.6 Å².